The minimum Gasteiger partial charge on any atom is -0.497 e. The molecule has 0 fully saturated rings. The van der Waals surface area contributed by atoms with Crippen LogP contribution in [0.4, 0.5) is 0 Å². The molecule has 0 radical (unpaired) electrons. The van der Waals surface area contributed by atoms with Crippen molar-refractivity contribution in [2.24, 2.45) is 14.1 Å². The van der Waals surface area contributed by atoms with E-state index >= 15 is 0 Å². The number of nitriles is 1. The predicted molar refractivity (Wildman–Crippen MR) is 159 cm³/mol. The molecule has 0 bridgehead atoms. The largest absolute Gasteiger partial charge is 0.497 e. The number of fused-ring (bicyclic) bond motifs is 3. The van der Waals surface area contributed by atoms with Crippen molar-refractivity contribution < 1.29 is 9.84 Å². The van der Waals surface area contributed by atoms with Crippen LogP contribution in [0.1, 0.15) is 28.3 Å². The van der Waals surface area contributed by atoms with Crippen LogP contribution in [-0.4, -0.2) is 41.3 Å². The number of aliphatic hydroxyl groups excluding tert-OH is 1. The smallest absolute Gasteiger partial charge is 0.237 e. The zero-order valence-corrected chi connectivity index (χ0v) is 23.8. The number of methoxy groups -OCH3 is 1. The van der Waals surface area contributed by atoms with Gasteiger partial charge in [0.15, 0.2) is 0 Å². The summed E-state index contributed by atoms with van der Waals surface area (Å²) in [7, 11) is 5.41. The minimum absolute atomic E-state index is 0.116. The van der Waals surface area contributed by atoms with Crippen LogP contribution in [0.25, 0.3) is 49.0 Å². The molecule has 42 heavy (non-hydrogen) atoms. The molecule has 10 heteroatoms. The van der Waals surface area contributed by atoms with E-state index in [1.807, 2.05) is 49.2 Å². The van der Waals surface area contributed by atoms with E-state index in [1.54, 1.807) is 43.8 Å². The van der Waals surface area contributed by atoms with E-state index in [9.17, 15) is 10.4 Å². The highest BCUT2D eigenvalue weighted by Crippen LogP contribution is 2.24. The molecule has 6 aromatic rings. The van der Waals surface area contributed by atoms with Crippen molar-refractivity contribution in [3.05, 3.63) is 99.2 Å². The summed E-state index contributed by atoms with van der Waals surface area (Å²) in [6, 6.07) is 13.2. The fourth-order valence-corrected chi connectivity index (χ4v) is 5.49. The van der Waals surface area contributed by atoms with Crippen molar-refractivity contribution in [1.29, 1.82) is 5.26 Å². The molecule has 6 rings (SSSR count). The lowest BCUT2D eigenvalue weighted by Crippen LogP contribution is -2.22. The molecule has 10 nitrogen and oxygen atoms in total. The van der Waals surface area contributed by atoms with Gasteiger partial charge in [0.25, 0.3) is 0 Å². The number of aryl methyl sites for hydroxylation is 2. The van der Waals surface area contributed by atoms with Crippen LogP contribution in [-0.2, 0) is 20.7 Å². The summed E-state index contributed by atoms with van der Waals surface area (Å²) in [5, 5.41) is 23.1. The number of aliphatic hydroxyl groups is 1. The van der Waals surface area contributed by atoms with Crippen molar-refractivity contribution in [3.63, 3.8) is 0 Å². The highest BCUT2D eigenvalue weighted by Gasteiger charge is 2.22. The van der Waals surface area contributed by atoms with Gasteiger partial charge in [-0.2, -0.15) is 5.26 Å². The Morgan fingerprint density at radius 2 is 1.50 bits per heavy atom. The number of ether oxygens (including phenoxy) is 1. The number of hydrogen-bond acceptors (Lipinski definition) is 7. The summed E-state index contributed by atoms with van der Waals surface area (Å²) < 4.78 is 9.30. The van der Waals surface area contributed by atoms with Crippen molar-refractivity contribution in [1.82, 2.24) is 29.1 Å². The Hall–Kier alpha value is -5.58. The molecular weight excluding hydrogens is 528 g/mol. The highest BCUT2D eigenvalue weighted by atomic mass is 16.5. The zero-order chi connectivity index (χ0) is 29.7. The summed E-state index contributed by atoms with van der Waals surface area (Å²) in [4.78, 5) is 22.6. The number of nitrogens with zero attached hydrogens (tertiary/aromatic N) is 8. The first-order chi connectivity index (χ1) is 20.3. The van der Waals surface area contributed by atoms with Crippen molar-refractivity contribution >= 4 is 44.1 Å². The Labute approximate surface area is 240 Å². The second-order valence-corrected chi connectivity index (χ2v) is 10.0. The summed E-state index contributed by atoms with van der Waals surface area (Å²) >= 11 is 0. The molecule has 206 valence electrons. The van der Waals surface area contributed by atoms with Gasteiger partial charge in [-0.25, -0.2) is 9.83 Å². The molecule has 0 aliphatic carbocycles. The summed E-state index contributed by atoms with van der Waals surface area (Å²) in [6.07, 6.45) is 3.22. The van der Waals surface area contributed by atoms with E-state index in [0.29, 0.717) is 66.7 Å². The number of benzene rings is 2. The van der Waals surface area contributed by atoms with Crippen molar-refractivity contribution in [2.45, 2.75) is 20.5 Å². The Bertz CT molecular complexity index is 2130. The molecule has 0 aliphatic rings. The average Bonchev–Trinajstić information content (AvgIpc) is 3.42. The monoisotopic (exact) mass is 554 g/mol. The molecule has 1 N–H and O–H groups in total. The molecule has 4 aromatic heterocycles. The van der Waals surface area contributed by atoms with Crippen LogP contribution in [0.2, 0.25) is 0 Å². The van der Waals surface area contributed by atoms with Gasteiger partial charge >= 0.3 is 0 Å². The minimum atomic E-state index is -0.116. The highest BCUT2D eigenvalue weighted by molar-refractivity contribution is 5.96. The van der Waals surface area contributed by atoms with E-state index in [-0.39, 0.29) is 6.61 Å². The lowest BCUT2D eigenvalue weighted by Gasteiger charge is -2.07. The topological polar surface area (TPSA) is 119 Å². The predicted octanol–water partition coefficient (Wildman–Crippen LogP) is 3.32. The average molecular weight is 555 g/mol. The molecule has 0 saturated carbocycles. The van der Waals surface area contributed by atoms with Gasteiger partial charge in [-0.1, -0.05) is 6.07 Å². The van der Waals surface area contributed by atoms with Gasteiger partial charge in [0, 0.05) is 48.5 Å². The second-order valence-electron chi connectivity index (χ2n) is 10.0. The van der Waals surface area contributed by atoms with Gasteiger partial charge in [0.2, 0.25) is 5.70 Å². The SMILES string of the molecule is [C-]#[N+]/C(c1cnc2ccc(OC)cc2n1)=c1\c2c(C)n(C)/c(=C(/C#N)c3cnc4ccc(CO)cc4n3)c2c(C)n1C. The summed E-state index contributed by atoms with van der Waals surface area (Å²) in [5.41, 5.74) is 6.67. The number of hydrogen-bond donors (Lipinski definition) is 1. The van der Waals surface area contributed by atoms with Gasteiger partial charge in [-0.15, -0.1) is 0 Å². The first kappa shape index (κ1) is 26.6. The van der Waals surface area contributed by atoms with E-state index in [1.165, 1.54) is 0 Å². The van der Waals surface area contributed by atoms with Crippen LogP contribution in [0.5, 0.6) is 5.75 Å². The van der Waals surface area contributed by atoms with Gasteiger partial charge in [-0.3, -0.25) is 15.0 Å². The van der Waals surface area contributed by atoms with Crippen LogP contribution in [0.15, 0.2) is 48.8 Å². The molecule has 0 saturated heterocycles. The molecule has 0 amide bonds. The summed E-state index contributed by atoms with van der Waals surface area (Å²) in [6.45, 7) is 12.0. The quantitative estimate of drug-likeness (QED) is 0.332. The zero-order valence-electron chi connectivity index (χ0n) is 23.8. The number of aromatic nitrogens is 6. The van der Waals surface area contributed by atoms with Gasteiger partial charge in [0.05, 0.1) is 64.9 Å². The van der Waals surface area contributed by atoms with Crippen molar-refractivity contribution in [2.75, 3.05) is 7.11 Å². The van der Waals surface area contributed by atoms with Crippen LogP contribution in [0, 0.1) is 31.8 Å². The van der Waals surface area contributed by atoms with E-state index < -0.39 is 0 Å². The Morgan fingerprint density at radius 3 is 2.14 bits per heavy atom. The van der Waals surface area contributed by atoms with E-state index in [2.05, 4.69) is 20.9 Å². The fourth-order valence-electron chi connectivity index (χ4n) is 5.49. The van der Waals surface area contributed by atoms with Gasteiger partial charge in [0.1, 0.15) is 23.1 Å². The maximum atomic E-state index is 10.4. The Balaban J connectivity index is 1.70. The van der Waals surface area contributed by atoms with Gasteiger partial charge < -0.3 is 19.0 Å². The first-order valence-corrected chi connectivity index (χ1v) is 13.2. The molecule has 0 spiro atoms. The molecule has 2 aromatic carbocycles. The third-order valence-electron chi connectivity index (χ3n) is 7.85. The third-order valence-corrected chi connectivity index (χ3v) is 7.85. The van der Waals surface area contributed by atoms with Crippen LogP contribution < -0.4 is 15.4 Å². The van der Waals surface area contributed by atoms with Crippen molar-refractivity contribution in [3.8, 4) is 11.8 Å². The molecule has 0 aliphatic heterocycles. The number of rotatable bonds is 4. The Morgan fingerprint density at radius 1 is 0.905 bits per heavy atom. The molecule has 0 atom stereocenters. The van der Waals surface area contributed by atoms with Gasteiger partial charge in [-0.05, 0) is 43.7 Å². The summed E-state index contributed by atoms with van der Waals surface area (Å²) in [5.74, 6) is 0.655. The fraction of sp³-hybridized carbons (Fsp3) is 0.188. The maximum Gasteiger partial charge on any atom is 0.237 e. The normalized spacial score (nSPS) is 12.9. The van der Waals surface area contributed by atoms with E-state index in [4.69, 9.17) is 21.3 Å². The van der Waals surface area contributed by atoms with Crippen LogP contribution >= 0.6 is 0 Å². The standard InChI is InChI=1S/C32H26N8O2/c1-17-28-29(32(40(17)5)30(34-3)27-15-36-23-10-8-20(42-6)12-25(23)38-27)18(2)39(4)31(28)21(13-33)26-14-35-22-9-7-19(16-41)11-24(22)37-26/h7-12,14-15,41H,16H2,1-2,4-6H3/b31-21-,32-30+. The first-order valence-electron chi connectivity index (χ1n) is 13.2. The van der Waals surface area contributed by atoms with E-state index in [0.717, 1.165) is 22.2 Å². The third kappa shape index (κ3) is 3.97. The second kappa shape index (κ2) is 10.1. The lowest BCUT2D eigenvalue weighted by molar-refractivity contribution is 0.282. The molecular formula is C32H26N8O2. The molecule has 4 heterocycles. The molecule has 0 unspecified atom stereocenters. The Kier molecular flexibility index (Phi) is 6.41. The van der Waals surface area contributed by atoms with Crippen LogP contribution in [0.3, 0.4) is 0 Å². The lowest BCUT2D eigenvalue weighted by atomic mass is 10.1. The maximum absolute atomic E-state index is 10.4.